The number of unbranched alkanes of at least 4 members (excludes halogenated alkanes) is 1. The third-order valence-corrected chi connectivity index (χ3v) is 3.09. The minimum Gasteiger partial charge on any atom is -0.478 e. The van der Waals surface area contributed by atoms with Crippen molar-refractivity contribution in [3.63, 3.8) is 0 Å². The lowest BCUT2D eigenvalue weighted by Crippen LogP contribution is -2.20. The summed E-state index contributed by atoms with van der Waals surface area (Å²) in [6, 6.07) is 9.02. The largest absolute Gasteiger partial charge is 0.478 e. The molecule has 0 atom stereocenters. The quantitative estimate of drug-likeness (QED) is 0.424. The Kier molecular flexibility index (Phi) is 8.19. The van der Waals surface area contributed by atoms with Gasteiger partial charge in [-0.25, -0.2) is 4.79 Å². The molecule has 0 fully saturated rings. The Labute approximate surface area is 143 Å². The molecule has 5 heteroatoms. The van der Waals surface area contributed by atoms with Gasteiger partial charge in [-0.05, 0) is 45.3 Å². The molecule has 1 N–H and O–H groups in total. The standard InChI is InChI=1S/C19H26O5/c1-19(2,3)24-12-8-7-11-23-17(20)14-16(18(21)22)13-15-9-5-4-6-10-15/h4-6,9-10,13H,7-8,11-12,14H2,1-3H3,(H,21,22)/b16-13+. The van der Waals surface area contributed by atoms with E-state index in [-0.39, 0.29) is 24.2 Å². The second-order valence-electron chi connectivity index (χ2n) is 6.45. The SMILES string of the molecule is CC(C)(C)OCCCCOC(=O)C/C(=C\c1ccccc1)C(=O)O. The Morgan fingerprint density at radius 2 is 1.71 bits per heavy atom. The fourth-order valence-corrected chi connectivity index (χ4v) is 1.91. The van der Waals surface area contributed by atoms with E-state index in [2.05, 4.69) is 0 Å². The van der Waals surface area contributed by atoms with E-state index >= 15 is 0 Å². The lowest BCUT2D eigenvalue weighted by molar-refractivity contribution is -0.145. The molecule has 0 radical (unpaired) electrons. The summed E-state index contributed by atoms with van der Waals surface area (Å²) in [7, 11) is 0. The van der Waals surface area contributed by atoms with Gasteiger partial charge in [-0.3, -0.25) is 4.79 Å². The first-order valence-electron chi connectivity index (χ1n) is 8.06. The number of hydrogen-bond donors (Lipinski definition) is 1. The minimum atomic E-state index is -1.12. The van der Waals surface area contributed by atoms with E-state index in [1.165, 1.54) is 6.08 Å². The van der Waals surface area contributed by atoms with Gasteiger partial charge >= 0.3 is 11.9 Å². The van der Waals surface area contributed by atoms with Gasteiger partial charge in [0.15, 0.2) is 0 Å². The lowest BCUT2D eigenvalue weighted by Gasteiger charge is -2.19. The predicted octanol–water partition coefficient (Wildman–Crippen LogP) is 3.68. The molecule has 0 bridgehead atoms. The van der Waals surface area contributed by atoms with Crippen LogP contribution in [0.1, 0.15) is 45.6 Å². The number of rotatable bonds is 9. The van der Waals surface area contributed by atoms with E-state index in [4.69, 9.17) is 9.47 Å². The minimum absolute atomic E-state index is 0.0160. The number of hydrogen-bond acceptors (Lipinski definition) is 4. The van der Waals surface area contributed by atoms with Crippen LogP contribution in [0.15, 0.2) is 35.9 Å². The van der Waals surface area contributed by atoms with Gasteiger partial charge in [0.1, 0.15) is 0 Å². The smallest absolute Gasteiger partial charge is 0.332 e. The van der Waals surface area contributed by atoms with E-state index in [1.54, 1.807) is 12.1 Å². The van der Waals surface area contributed by atoms with Crippen molar-refractivity contribution in [1.82, 2.24) is 0 Å². The van der Waals surface area contributed by atoms with Crippen LogP contribution in [-0.2, 0) is 19.1 Å². The van der Waals surface area contributed by atoms with Gasteiger partial charge in [0.25, 0.3) is 0 Å². The lowest BCUT2D eigenvalue weighted by atomic mass is 10.1. The van der Waals surface area contributed by atoms with Crippen molar-refractivity contribution in [2.75, 3.05) is 13.2 Å². The maximum Gasteiger partial charge on any atom is 0.332 e. The van der Waals surface area contributed by atoms with E-state index in [0.717, 1.165) is 12.0 Å². The van der Waals surface area contributed by atoms with E-state index in [9.17, 15) is 14.7 Å². The van der Waals surface area contributed by atoms with Crippen molar-refractivity contribution in [2.45, 2.75) is 45.6 Å². The van der Waals surface area contributed by atoms with Gasteiger partial charge in [-0.1, -0.05) is 30.3 Å². The maximum atomic E-state index is 11.8. The Morgan fingerprint density at radius 1 is 1.08 bits per heavy atom. The summed E-state index contributed by atoms with van der Waals surface area (Å²) in [4.78, 5) is 23.0. The highest BCUT2D eigenvalue weighted by Gasteiger charge is 2.14. The van der Waals surface area contributed by atoms with Crippen LogP contribution in [0.5, 0.6) is 0 Å². The van der Waals surface area contributed by atoms with Crippen molar-refractivity contribution in [1.29, 1.82) is 0 Å². The zero-order chi connectivity index (χ0) is 18.0. The van der Waals surface area contributed by atoms with Crippen LogP contribution < -0.4 is 0 Å². The highest BCUT2D eigenvalue weighted by atomic mass is 16.5. The van der Waals surface area contributed by atoms with Crippen molar-refractivity contribution < 1.29 is 24.2 Å². The molecule has 1 rings (SSSR count). The second-order valence-corrected chi connectivity index (χ2v) is 6.45. The number of carboxylic acid groups (broad SMARTS) is 1. The summed E-state index contributed by atoms with van der Waals surface area (Å²) < 4.78 is 10.7. The normalized spacial score (nSPS) is 12.0. The van der Waals surface area contributed by atoms with Crippen molar-refractivity contribution in [3.8, 4) is 0 Å². The van der Waals surface area contributed by atoms with Gasteiger partial charge in [0, 0.05) is 12.2 Å². The van der Waals surface area contributed by atoms with Gasteiger partial charge < -0.3 is 14.6 Å². The molecule has 0 spiro atoms. The van der Waals surface area contributed by atoms with Crippen LogP contribution >= 0.6 is 0 Å². The highest BCUT2D eigenvalue weighted by Crippen LogP contribution is 2.12. The van der Waals surface area contributed by atoms with Crippen molar-refractivity contribution in [3.05, 3.63) is 41.5 Å². The molecule has 1 aromatic rings. The fourth-order valence-electron chi connectivity index (χ4n) is 1.91. The zero-order valence-corrected chi connectivity index (χ0v) is 14.6. The van der Waals surface area contributed by atoms with Gasteiger partial charge in [0.2, 0.25) is 0 Å². The van der Waals surface area contributed by atoms with Crippen LogP contribution in [-0.4, -0.2) is 35.9 Å². The Balaban J connectivity index is 2.36. The van der Waals surface area contributed by atoms with E-state index in [0.29, 0.717) is 13.0 Å². The molecule has 24 heavy (non-hydrogen) atoms. The molecule has 0 aromatic heterocycles. The molecule has 0 amide bonds. The average molecular weight is 334 g/mol. The molecule has 1 aromatic carbocycles. The van der Waals surface area contributed by atoms with Crippen LogP contribution in [0.4, 0.5) is 0 Å². The Morgan fingerprint density at radius 3 is 2.29 bits per heavy atom. The Bertz CT molecular complexity index is 555. The Hall–Kier alpha value is -2.14. The predicted molar refractivity (Wildman–Crippen MR) is 92.6 cm³/mol. The summed E-state index contributed by atoms with van der Waals surface area (Å²) >= 11 is 0. The summed E-state index contributed by atoms with van der Waals surface area (Å²) in [5.41, 5.74) is 0.583. The summed E-state index contributed by atoms with van der Waals surface area (Å²) in [5, 5.41) is 9.21. The molecular weight excluding hydrogens is 308 g/mol. The topological polar surface area (TPSA) is 72.8 Å². The zero-order valence-electron chi connectivity index (χ0n) is 14.6. The van der Waals surface area contributed by atoms with Gasteiger partial charge in [-0.15, -0.1) is 0 Å². The average Bonchev–Trinajstić information content (AvgIpc) is 2.50. The first-order valence-corrected chi connectivity index (χ1v) is 8.06. The highest BCUT2D eigenvalue weighted by molar-refractivity contribution is 5.97. The van der Waals surface area contributed by atoms with Crippen LogP contribution in [0.2, 0.25) is 0 Å². The van der Waals surface area contributed by atoms with Crippen molar-refractivity contribution >= 4 is 18.0 Å². The summed E-state index contributed by atoms with van der Waals surface area (Å²) in [5.74, 6) is -1.65. The number of carbonyl (C=O) groups excluding carboxylic acids is 1. The molecule has 0 aliphatic heterocycles. The number of esters is 1. The molecule has 0 unspecified atom stereocenters. The van der Waals surface area contributed by atoms with Crippen LogP contribution in [0.25, 0.3) is 6.08 Å². The molecule has 0 aliphatic carbocycles. The number of carbonyl (C=O) groups is 2. The second kappa shape index (κ2) is 9.88. The number of carboxylic acids is 1. The first kappa shape index (κ1) is 19.9. The number of benzene rings is 1. The monoisotopic (exact) mass is 334 g/mol. The van der Waals surface area contributed by atoms with Crippen LogP contribution in [0, 0.1) is 0 Å². The molecule has 0 saturated heterocycles. The summed E-state index contributed by atoms with van der Waals surface area (Å²) in [6.45, 7) is 6.83. The molecule has 0 heterocycles. The van der Waals surface area contributed by atoms with Gasteiger partial charge in [-0.2, -0.15) is 0 Å². The number of ether oxygens (including phenoxy) is 2. The molecule has 0 aliphatic rings. The fraction of sp³-hybridized carbons (Fsp3) is 0.474. The van der Waals surface area contributed by atoms with E-state index in [1.807, 2.05) is 39.0 Å². The third kappa shape index (κ3) is 9.10. The van der Waals surface area contributed by atoms with Crippen molar-refractivity contribution in [2.24, 2.45) is 0 Å². The molecule has 0 saturated carbocycles. The molecular formula is C19H26O5. The third-order valence-electron chi connectivity index (χ3n) is 3.09. The van der Waals surface area contributed by atoms with E-state index < -0.39 is 11.9 Å². The molecule has 5 nitrogen and oxygen atoms in total. The first-order chi connectivity index (χ1) is 11.3. The maximum absolute atomic E-state index is 11.8. The van der Waals surface area contributed by atoms with Gasteiger partial charge in [0.05, 0.1) is 18.6 Å². The summed E-state index contributed by atoms with van der Waals surface area (Å²) in [6.07, 6.45) is 2.71. The molecule has 132 valence electrons. The van der Waals surface area contributed by atoms with Crippen LogP contribution in [0.3, 0.4) is 0 Å². The number of aliphatic carboxylic acids is 1.